The fourth-order valence-corrected chi connectivity index (χ4v) is 5.39. The number of aliphatic carboxylic acids is 1. The lowest BCUT2D eigenvalue weighted by molar-refractivity contribution is -0.150. The van der Waals surface area contributed by atoms with Gasteiger partial charge in [-0.3, -0.25) is 9.59 Å². The summed E-state index contributed by atoms with van der Waals surface area (Å²) in [6, 6.07) is 0. The van der Waals surface area contributed by atoms with Crippen LogP contribution >= 0.6 is 0 Å². The first kappa shape index (κ1) is 20.7. The zero-order valence-corrected chi connectivity index (χ0v) is 17.1. The van der Waals surface area contributed by atoms with Gasteiger partial charge in [0.1, 0.15) is 6.61 Å². The Morgan fingerprint density at radius 1 is 1.27 bits per heavy atom. The predicted molar refractivity (Wildman–Crippen MR) is 103 cm³/mol. The summed E-state index contributed by atoms with van der Waals surface area (Å²) in [4.78, 5) is 23.0. The van der Waals surface area contributed by atoms with Crippen LogP contribution < -0.4 is 0 Å². The number of hydrogen-bond acceptors (Lipinski definition) is 3. The van der Waals surface area contributed by atoms with Crippen LogP contribution in [0.3, 0.4) is 0 Å². The van der Waals surface area contributed by atoms with Gasteiger partial charge in [0.05, 0.1) is 5.92 Å². The van der Waals surface area contributed by atoms with Gasteiger partial charge in [0.25, 0.3) is 0 Å². The number of hydrogen-bond donors (Lipinski definition) is 1. The van der Waals surface area contributed by atoms with E-state index in [4.69, 9.17) is 4.74 Å². The molecule has 0 aromatic heterocycles. The average molecular weight is 363 g/mol. The second-order valence-electron chi connectivity index (χ2n) is 9.16. The monoisotopic (exact) mass is 362 g/mol. The molecule has 0 bridgehead atoms. The first-order valence-corrected chi connectivity index (χ1v) is 9.67. The minimum Gasteiger partial charge on any atom is -0.481 e. The van der Waals surface area contributed by atoms with Crippen LogP contribution in [0.1, 0.15) is 73.6 Å². The topological polar surface area (TPSA) is 63.6 Å². The van der Waals surface area contributed by atoms with Crippen molar-refractivity contribution in [3.63, 3.8) is 0 Å². The zero-order valence-electron chi connectivity index (χ0n) is 17.1. The van der Waals surface area contributed by atoms with E-state index in [1.807, 2.05) is 6.92 Å². The Hall–Kier alpha value is -1.58. The van der Waals surface area contributed by atoms with Gasteiger partial charge in [-0.15, -0.1) is 0 Å². The molecule has 0 aromatic rings. The Balaban J connectivity index is 2.27. The SMILES string of the molecule is CC(=O)OC/C(C)=C\CC[C@]1(C)[C@@H](C(=O)O)CC2=CCCC(C)(C)[C@@]21C. The maximum atomic E-state index is 12.1. The van der Waals surface area contributed by atoms with Gasteiger partial charge < -0.3 is 9.84 Å². The maximum absolute atomic E-state index is 12.1. The van der Waals surface area contributed by atoms with Gasteiger partial charge in [-0.05, 0) is 60.8 Å². The molecule has 0 radical (unpaired) electrons. The molecule has 2 aliphatic carbocycles. The first-order chi connectivity index (χ1) is 12.0. The molecule has 1 fully saturated rings. The highest BCUT2D eigenvalue weighted by atomic mass is 16.5. The summed E-state index contributed by atoms with van der Waals surface area (Å²) in [7, 11) is 0. The van der Waals surface area contributed by atoms with E-state index in [2.05, 4.69) is 39.8 Å². The van der Waals surface area contributed by atoms with E-state index in [-0.39, 0.29) is 28.1 Å². The molecule has 0 heterocycles. The number of allylic oxidation sites excluding steroid dienone is 3. The Labute approximate surface area is 157 Å². The van der Waals surface area contributed by atoms with Crippen molar-refractivity contribution in [3.05, 3.63) is 23.3 Å². The van der Waals surface area contributed by atoms with Gasteiger partial charge >= 0.3 is 11.9 Å². The molecule has 146 valence electrons. The molecule has 26 heavy (non-hydrogen) atoms. The summed E-state index contributed by atoms with van der Waals surface area (Å²) < 4.78 is 5.04. The maximum Gasteiger partial charge on any atom is 0.307 e. The van der Waals surface area contributed by atoms with Gasteiger partial charge in [-0.2, -0.15) is 0 Å². The summed E-state index contributed by atoms with van der Waals surface area (Å²) in [5, 5.41) is 9.93. The van der Waals surface area contributed by atoms with E-state index in [0.29, 0.717) is 13.0 Å². The van der Waals surface area contributed by atoms with Crippen molar-refractivity contribution in [2.75, 3.05) is 6.61 Å². The molecule has 3 atom stereocenters. The number of carbonyl (C=O) groups excluding carboxylic acids is 1. The summed E-state index contributed by atoms with van der Waals surface area (Å²) in [5.41, 5.74) is 2.01. The van der Waals surface area contributed by atoms with Crippen molar-refractivity contribution in [1.29, 1.82) is 0 Å². The largest absolute Gasteiger partial charge is 0.481 e. The molecule has 0 unspecified atom stereocenters. The summed E-state index contributed by atoms with van der Waals surface area (Å²) in [6.45, 7) is 12.7. The summed E-state index contributed by atoms with van der Waals surface area (Å²) in [6.07, 6.45) is 8.81. The molecule has 4 heteroatoms. The van der Waals surface area contributed by atoms with Gasteiger partial charge in [0, 0.05) is 6.92 Å². The standard InChI is InChI=1S/C22H34O4/c1-15(14-26-16(2)23)9-7-12-21(5)18(19(24)25)13-17-10-8-11-20(3,4)22(17,21)6/h9-10,18H,7-8,11-14H2,1-6H3,(H,24,25)/b15-9-/t18-,21-,22-/m1/s1. The molecular weight excluding hydrogens is 328 g/mol. The van der Waals surface area contributed by atoms with Crippen molar-refractivity contribution in [2.24, 2.45) is 22.2 Å². The van der Waals surface area contributed by atoms with E-state index in [0.717, 1.165) is 31.3 Å². The van der Waals surface area contributed by atoms with Crippen LogP contribution in [0.5, 0.6) is 0 Å². The number of carboxylic acids is 1. The number of carboxylic acid groups (broad SMARTS) is 1. The van der Waals surface area contributed by atoms with E-state index in [9.17, 15) is 14.7 Å². The highest BCUT2D eigenvalue weighted by molar-refractivity contribution is 5.73. The molecule has 0 spiro atoms. The summed E-state index contributed by atoms with van der Waals surface area (Å²) >= 11 is 0. The van der Waals surface area contributed by atoms with E-state index in [1.54, 1.807) is 0 Å². The molecule has 4 nitrogen and oxygen atoms in total. The average Bonchev–Trinajstić information content (AvgIpc) is 2.76. The van der Waals surface area contributed by atoms with Crippen molar-refractivity contribution in [1.82, 2.24) is 0 Å². The fraction of sp³-hybridized carbons (Fsp3) is 0.727. The molecule has 0 aliphatic heterocycles. The highest BCUT2D eigenvalue weighted by Crippen LogP contribution is 2.70. The molecule has 1 N–H and O–H groups in total. The van der Waals surface area contributed by atoms with Crippen LogP contribution in [0.25, 0.3) is 0 Å². The van der Waals surface area contributed by atoms with E-state index in [1.165, 1.54) is 12.5 Å². The Kier molecular flexibility index (Phi) is 5.74. The first-order valence-electron chi connectivity index (χ1n) is 9.67. The van der Waals surface area contributed by atoms with Crippen LogP contribution in [0.15, 0.2) is 23.3 Å². The third kappa shape index (κ3) is 3.35. The molecule has 2 rings (SSSR count). The van der Waals surface area contributed by atoms with Crippen molar-refractivity contribution in [2.45, 2.75) is 73.6 Å². The lowest BCUT2D eigenvalue weighted by Gasteiger charge is -2.55. The number of ether oxygens (including phenoxy) is 1. The van der Waals surface area contributed by atoms with Crippen LogP contribution in [0.4, 0.5) is 0 Å². The van der Waals surface area contributed by atoms with Gasteiger partial charge in [0.15, 0.2) is 0 Å². The highest BCUT2D eigenvalue weighted by Gasteiger charge is 2.64. The molecule has 2 aliphatic rings. The van der Waals surface area contributed by atoms with Crippen molar-refractivity contribution >= 4 is 11.9 Å². The molecule has 0 aromatic carbocycles. The molecule has 0 saturated heterocycles. The Morgan fingerprint density at radius 2 is 1.92 bits per heavy atom. The molecule has 0 amide bonds. The predicted octanol–water partition coefficient (Wildman–Crippen LogP) is 5.14. The third-order valence-corrected chi connectivity index (χ3v) is 7.45. The van der Waals surface area contributed by atoms with Gasteiger partial charge in [0.2, 0.25) is 0 Å². The van der Waals surface area contributed by atoms with Crippen LogP contribution in [0, 0.1) is 22.2 Å². The van der Waals surface area contributed by atoms with Crippen LogP contribution in [0.2, 0.25) is 0 Å². The number of fused-ring (bicyclic) bond motifs is 1. The second-order valence-corrected chi connectivity index (χ2v) is 9.16. The Bertz CT molecular complexity index is 643. The quantitative estimate of drug-likeness (QED) is 0.525. The van der Waals surface area contributed by atoms with E-state index >= 15 is 0 Å². The number of esters is 1. The smallest absolute Gasteiger partial charge is 0.307 e. The third-order valence-electron chi connectivity index (χ3n) is 7.45. The second kappa shape index (κ2) is 7.21. The fourth-order valence-electron chi connectivity index (χ4n) is 5.39. The minimum absolute atomic E-state index is 0.0759. The lowest BCUT2D eigenvalue weighted by Crippen LogP contribution is -2.50. The van der Waals surface area contributed by atoms with E-state index < -0.39 is 5.97 Å². The number of rotatable bonds is 6. The normalized spacial score (nSPS) is 33.4. The minimum atomic E-state index is -0.680. The van der Waals surface area contributed by atoms with Gasteiger partial charge in [-0.25, -0.2) is 0 Å². The zero-order chi connectivity index (χ0) is 19.8. The van der Waals surface area contributed by atoms with Crippen molar-refractivity contribution < 1.29 is 19.4 Å². The molecule has 1 saturated carbocycles. The van der Waals surface area contributed by atoms with Gasteiger partial charge in [-0.1, -0.05) is 45.4 Å². The number of carbonyl (C=O) groups is 2. The Morgan fingerprint density at radius 3 is 2.50 bits per heavy atom. The van der Waals surface area contributed by atoms with Crippen molar-refractivity contribution in [3.8, 4) is 0 Å². The lowest BCUT2D eigenvalue weighted by atomic mass is 9.48. The summed E-state index contributed by atoms with van der Waals surface area (Å²) in [5.74, 6) is -1.31. The van der Waals surface area contributed by atoms with Crippen LogP contribution in [-0.4, -0.2) is 23.7 Å². The van der Waals surface area contributed by atoms with Crippen LogP contribution in [-0.2, 0) is 14.3 Å². The molecular formula is C22H34O4.